The smallest absolute Gasteiger partial charge is 0.325 e. The van der Waals surface area contributed by atoms with Crippen LogP contribution in [0.3, 0.4) is 0 Å². The first kappa shape index (κ1) is 16.3. The van der Waals surface area contributed by atoms with Crippen LogP contribution in [0.2, 0.25) is 0 Å². The van der Waals surface area contributed by atoms with Gasteiger partial charge in [0, 0.05) is 11.8 Å². The van der Waals surface area contributed by atoms with Gasteiger partial charge in [0.05, 0.1) is 12.7 Å². The lowest BCUT2D eigenvalue weighted by atomic mass is 10.4. The Labute approximate surface area is 121 Å². The second-order valence-electron chi connectivity index (χ2n) is 4.19. The van der Waals surface area contributed by atoms with E-state index in [1.165, 1.54) is 10.9 Å². The fourth-order valence-corrected chi connectivity index (χ4v) is 2.09. The average molecular weight is 301 g/mol. The summed E-state index contributed by atoms with van der Waals surface area (Å²) in [6, 6.07) is -0.190. The number of carbonyl (C=O) groups is 2. The van der Waals surface area contributed by atoms with Crippen molar-refractivity contribution in [2.75, 3.05) is 11.5 Å². The van der Waals surface area contributed by atoms with E-state index in [1.807, 2.05) is 6.92 Å². The summed E-state index contributed by atoms with van der Waals surface area (Å²) in [5, 5.41) is 21.5. The molecule has 1 aromatic rings. The fourth-order valence-electron chi connectivity index (χ4n) is 1.42. The average Bonchev–Trinajstić information content (AvgIpc) is 2.80. The minimum atomic E-state index is -0.991. The molecule has 2 amide bonds. The largest absolute Gasteiger partial charge is 0.480 e. The fraction of sp³-hybridized carbons (Fsp3) is 0.636. The van der Waals surface area contributed by atoms with Crippen LogP contribution < -0.4 is 10.6 Å². The summed E-state index contributed by atoms with van der Waals surface area (Å²) in [4.78, 5) is 22.1. The minimum absolute atomic E-state index is 0.0858. The maximum absolute atomic E-state index is 11.6. The predicted molar refractivity (Wildman–Crippen MR) is 75.5 cm³/mol. The highest BCUT2D eigenvalue weighted by atomic mass is 32.2. The van der Waals surface area contributed by atoms with Crippen molar-refractivity contribution in [3.05, 3.63) is 11.9 Å². The number of rotatable bonds is 8. The molecule has 0 fully saturated rings. The monoisotopic (exact) mass is 301 g/mol. The zero-order valence-corrected chi connectivity index (χ0v) is 12.3. The molecule has 0 spiro atoms. The second-order valence-corrected chi connectivity index (χ2v) is 5.51. The van der Waals surface area contributed by atoms with Crippen molar-refractivity contribution in [1.82, 2.24) is 25.6 Å². The van der Waals surface area contributed by atoms with E-state index in [4.69, 9.17) is 5.11 Å². The summed E-state index contributed by atoms with van der Waals surface area (Å²) in [6.45, 7) is 3.97. The molecule has 1 unspecified atom stereocenters. The van der Waals surface area contributed by atoms with Gasteiger partial charge < -0.3 is 15.7 Å². The number of amides is 2. The highest BCUT2D eigenvalue weighted by Gasteiger charge is 2.08. The molecule has 0 aliphatic rings. The third kappa shape index (κ3) is 6.41. The summed E-state index contributed by atoms with van der Waals surface area (Å²) in [7, 11) is 0. The molecule has 0 radical (unpaired) electrons. The first-order valence-corrected chi connectivity index (χ1v) is 7.39. The Morgan fingerprint density at radius 2 is 2.30 bits per heavy atom. The Morgan fingerprint density at radius 3 is 2.95 bits per heavy atom. The molecular formula is C11H19N5O3S. The molecule has 9 heteroatoms. The predicted octanol–water partition coefficient (Wildman–Crippen LogP) is 0.304. The maximum atomic E-state index is 11.6. The number of hydrogen-bond acceptors (Lipinski definition) is 5. The number of carboxylic acid groups (broad SMARTS) is 1. The molecule has 0 aliphatic heterocycles. The lowest BCUT2D eigenvalue weighted by Crippen LogP contribution is -2.41. The maximum Gasteiger partial charge on any atom is 0.325 e. The van der Waals surface area contributed by atoms with Crippen molar-refractivity contribution < 1.29 is 14.7 Å². The second kappa shape index (κ2) is 8.41. The molecule has 1 heterocycles. The number of urea groups is 1. The van der Waals surface area contributed by atoms with Crippen molar-refractivity contribution in [3.8, 4) is 0 Å². The molecule has 3 N–H and O–H groups in total. The Balaban J connectivity index is 2.30. The van der Waals surface area contributed by atoms with E-state index in [-0.39, 0.29) is 25.2 Å². The van der Waals surface area contributed by atoms with E-state index in [0.29, 0.717) is 5.69 Å². The van der Waals surface area contributed by atoms with Gasteiger partial charge in [0.2, 0.25) is 0 Å². The van der Waals surface area contributed by atoms with Crippen molar-refractivity contribution in [2.45, 2.75) is 33.0 Å². The van der Waals surface area contributed by atoms with Crippen molar-refractivity contribution in [3.63, 3.8) is 0 Å². The quantitative estimate of drug-likeness (QED) is 0.637. The molecule has 0 bridgehead atoms. The topological polar surface area (TPSA) is 109 Å². The Hall–Kier alpha value is -1.77. The standard InChI is InChI=1S/C11H19N5O3S/c1-3-20-7-8(2)13-11(19)12-4-9-5-16(15-14-9)6-10(17)18/h5,8H,3-4,6-7H2,1-2H3,(H,17,18)(H2,12,13,19). The zero-order chi connectivity index (χ0) is 15.0. The Morgan fingerprint density at radius 1 is 1.55 bits per heavy atom. The van der Waals surface area contributed by atoms with E-state index in [9.17, 15) is 9.59 Å². The van der Waals surface area contributed by atoms with Gasteiger partial charge in [-0.15, -0.1) is 5.10 Å². The molecule has 0 aromatic carbocycles. The molecule has 1 aromatic heterocycles. The van der Waals surface area contributed by atoms with E-state index in [0.717, 1.165) is 11.5 Å². The number of carboxylic acids is 1. The van der Waals surface area contributed by atoms with Gasteiger partial charge in [0.1, 0.15) is 12.2 Å². The van der Waals surface area contributed by atoms with Crippen LogP contribution in [0.4, 0.5) is 4.79 Å². The lowest BCUT2D eigenvalue weighted by Gasteiger charge is -2.13. The zero-order valence-electron chi connectivity index (χ0n) is 11.5. The third-order valence-electron chi connectivity index (χ3n) is 2.26. The van der Waals surface area contributed by atoms with Crippen molar-refractivity contribution in [2.24, 2.45) is 0 Å². The normalized spacial score (nSPS) is 11.9. The van der Waals surface area contributed by atoms with Crippen LogP contribution in [0.1, 0.15) is 19.5 Å². The number of nitrogens with one attached hydrogen (secondary N) is 2. The van der Waals surface area contributed by atoms with Gasteiger partial charge in [-0.05, 0) is 12.7 Å². The molecule has 8 nitrogen and oxygen atoms in total. The molecule has 0 aliphatic carbocycles. The number of nitrogens with zero attached hydrogens (tertiary/aromatic N) is 3. The molecule has 1 atom stereocenters. The third-order valence-corrected chi connectivity index (χ3v) is 3.41. The highest BCUT2D eigenvalue weighted by Crippen LogP contribution is 2.01. The van der Waals surface area contributed by atoms with Gasteiger partial charge in [0.25, 0.3) is 0 Å². The summed E-state index contributed by atoms with van der Waals surface area (Å²) in [6.07, 6.45) is 1.49. The summed E-state index contributed by atoms with van der Waals surface area (Å²) in [5.74, 6) is 0.883. The van der Waals surface area contributed by atoms with E-state index >= 15 is 0 Å². The van der Waals surface area contributed by atoms with Crippen molar-refractivity contribution >= 4 is 23.8 Å². The number of aromatic nitrogens is 3. The van der Waals surface area contributed by atoms with Crippen LogP contribution in [-0.2, 0) is 17.9 Å². The molecule has 0 saturated heterocycles. The number of thioether (sulfide) groups is 1. The van der Waals surface area contributed by atoms with Gasteiger partial charge in [-0.2, -0.15) is 11.8 Å². The van der Waals surface area contributed by atoms with Crippen LogP contribution in [0.5, 0.6) is 0 Å². The summed E-state index contributed by atoms with van der Waals surface area (Å²) in [5.41, 5.74) is 0.511. The first-order valence-electron chi connectivity index (χ1n) is 6.24. The summed E-state index contributed by atoms with van der Waals surface area (Å²) < 4.78 is 1.21. The van der Waals surface area contributed by atoms with Crippen LogP contribution in [0.15, 0.2) is 6.20 Å². The number of carbonyl (C=O) groups excluding carboxylic acids is 1. The van der Waals surface area contributed by atoms with Gasteiger partial charge in [-0.3, -0.25) is 4.79 Å². The molecule has 112 valence electrons. The van der Waals surface area contributed by atoms with Crippen molar-refractivity contribution in [1.29, 1.82) is 0 Å². The lowest BCUT2D eigenvalue weighted by molar-refractivity contribution is -0.137. The SMILES string of the molecule is CCSCC(C)NC(=O)NCc1cn(CC(=O)O)nn1. The van der Waals surface area contributed by atoms with E-state index in [2.05, 4.69) is 27.9 Å². The van der Waals surface area contributed by atoms with Gasteiger partial charge in [-0.1, -0.05) is 12.1 Å². The van der Waals surface area contributed by atoms with Crippen LogP contribution in [0, 0.1) is 0 Å². The van der Waals surface area contributed by atoms with E-state index in [1.54, 1.807) is 11.8 Å². The number of aliphatic carboxylic acids is 1. The van der Waals surface area contributed by atoms with Gasteiger partial charge in [0.15, 0.2) is 0 Å². The Bertz CT molecular complexity index is 451. The first-order chi connectivity index (χ1) is 9.51. The van der Waals surface area contributed by atoms with Crippen LogP contribution in [-0.4, -0.2) is 49.6 Å². The highest BCUT2D eigenvalue weighted by molar-refractivity contribution is 7.99. The molecular weight excluding hydrogens is 282 g/mol. The van der Waals surface area contributed by atoms with Gasteiger partial charge in [-0.25, -0.2) is 9.48 Å². The van der Waals surface area contributed by atoms with Crippen LogP contribution >= 0.6 is 11.8 Å². The molecule has 20 heavy (non-hydrogen) atoms. The minimum Gasteiger partial charge on any atom is -0.480 e. The van der Waals surface area contributed by atoms with E-state index < -0.39 is 5.97 Å². The molecule has 1 rings (SSSR count). The number of hydrogen-bond donors (Lipinski definition) is 3. The van der Waals surface area contributed by atoms with Gasteiger partial charge >= 0.3 is 12.0 Å². The molecule has 0 saturated carbocycles. The Kier molecular flexibility index (Phi) is 6.85. The summed E-state index contributed by atoms with van der Waals surface area (Å²) >= 11 is 1.76. The van der Waals surface area contributed by atoms with Crippen LogP contribution in [0.25, 0.3) is 0 Å².